The van der Waals surface area contributed by atoms with Gasteiger partial charge in [-0.1, -0.05) is 0 Å². The molecule has 4 saturated carbocycles. The van der Waals surface area contributed by atoms with E-state index in [1.54, 1.807) is 6.42 Å². The minimum Gasteiger partial charge on any atom is -0.329 e. The lowest BCUT2D eigenvalue weighted by Crippen LogP contribution is -2.61. The Morgan fingerprint density at radius 2 is 1.50 bits per heavy atom. The second-order valence-electron chi connectivity index (χ2n) is 7.19. The van der Waals surface area contributed by atoms with E-state index in [2.05, 4.69) is 19.2 Å². The van der Waals surface area contributed by atoms with Gasteiger partial charge in [0, 0.05) is 18.1 Å². The fourth-order valence-electron chi connectivity index (χ4n) is 4.67. The van der Waals surface area contributed by atoms with Gasteiger partial charge in [-0.25, -0.2) is 0 Å². The molecule has 0 atom stereocenters. The molecular formula is C14H26N2. The first-order valence-electron chi connectivity index (χ1n) is 7.05. The first kappa shape index (κ1) is 11.0. The number of nitrogens with two attached hydrogens (primary N) is 1. The molecule has 92 valence electrons. The van der Waals surface area contributed by atoms with Gasteiger partial charge in [0.2, 0.25) is 0 Å². The molecule has 2 nitrogen and oxygen atoms in total. The van der Waals surface area contributed by atoms with Crippen LogP contribution in [0.2, 0.25) is 0 Å². The highest BCUT2D eigenvalue weighted by Gasteiger charge is 2.48. The van der Waals surface area contributed by atoms with E-state index >= 15 is 0 Å². The standard InChI is InChI=1S/C14H26N2/c1-14(2,8-15)16-13-11-4-9-3-10(6-11)7-12(13)5-9/h9-13,16H,3-8,15H2,1-2H3. The van der Waals surface area contributed by atoms with Crippen LogP contribution in [0.4, 0.5) is 0 Å². The van der Waals surface area contributed by atoms with Crippen molar-refractivity contribution in [2.24, 2.45) is 29.4 Å². The highest BCUT2D eigenvalue weighted by Crippen LogP contribution is 2.53. The second kappa shape index (κ2) is 3.71. The van der Waals surface area contributed by atoms with E-state index in [1.165, 1.54) is 25.7 Å². The first-order valence-corrected chi connectivity index (χ1v) is 7.05. The lowest BCUT2D eigenvalue weighted by atomic mass is 9.54. The van der Waals surface area contributed by atoms with Gasteiger partial charge in [0.15, 0.2) is 0 Å². The Kier molecular flexibility index (Phi) is 2.56. The average Bonchev–Trinajstić information content (AvgIpc) is 2.22. The largest absolute Gasteiger partial charge is 0.329 e. The molecule has 0 heterocycles. The minimum atomic E-state index is 0.125. The van der Waals surface area contributed by atoms with Gasteiger partial charge in [-0.15, -0.1) is 0 Å². The summed E-state index contributed by atoms with van der Waals surface area (Å²) in [4.78, 5) is 0. The smallest absolute Gasteiger partial charge is 0.0250 e. The fraction of sp³-hybridized carbons (Fsp3) is 1.00. The van der Waals surface area contributed by atoms with Crippen molar-refractivity contribution in [3.63, 3.8) is 0 Å². The van der Waals surface area contributed by atoms with Crippen molar-refractivity contribution in [3.8, 4) is 0 Å². The predicted octanol–water partition coefficient (Wildman–Crippen LogP) is 2.14. The molecule has 2 heteroatoms. The van der Waals surface area contributed by atoms with Crippen LogP contribution in [-0.4, -0.2) is 18.1 Å². The highest BCUT2D eigenvalue weighted by atomic mass is 15.0. The summed E-state index contributed by atoms with van der Waals surface area (Å²) in [5, 5.41) is 3.86. The van der Waals surface area contributed by atoms with E-state index in [0.717, 1.165) is 36.3 Å². The molecule has 4 bridgehead atoms. The van der Waals surface area contributed by atoms with Crippen molar-refractivity contribution in [2.75, 3.05) is 6.54 Å². The Labute approximate surface area is 99.4 Å². The molecule has 16 heavy (non-hydrogen) atoms. The van der Waals surface area contributed by atoms with Gasteiger partial charge in [0.25, 0.3) is 0 Å². The molecule has 0 aromatic rings. The number of rotatable bonds is 3. The lowest BCUT2D eigenvalue weighted by Gasteiger charge is -2.56. The molecule has 4 aliphatic carbocycles. The van der Waals surface area contributed by atoms with Gasteiger partial charge >= 0.3 is 0 Å². The van der Waals surface area contributed by atoms with Crippen LogP contribution < -0.4 is 11.1 Å². The predicted molar refractivity (Wildman–Crippen MR) is 67.1 cm³/mol. The van der Waals surface area contributed by atoms with Crippen LogP contribution in [0, 0.1) is 23.7 Å². The fourth-order valence-corrected chi connectivity index (χ4v) is 4.67. The Morgan fingerprint density at radius 3 is 1.94 bits per heavy atom. The molecule has 0 aromatic heterocycles. The van der Waals surface area contributed by atoms with Crippen LogP contribution in [0.15, 0.2) is 0 Å². The molecule has 0 aromatic carbocycles. The third kappa shape index (κ3) is 1.80. The third-order valence-corrected chi connectivity index (χ3v) is 5.29. The van der Waals surface area contributed by atoms with Gasteiger partial charge in [-0.3, -0.25) is 0 Å². The van der Waals surface area contributed by atoms with Crippen molar-refractivity contribution >= 4 is 0 Å². The van der Waals surface area contributed by atoms with Crippen LogP contribution in [0.5, 0.6) is 0 Å². The van der Waals surface area contributed by atoms with Crippen LogP contribution in [0.1, 0.15) is 46.0 Å². The molecule has 4 aliphatic rings. The van der Waals surface area contributed by atoms with Crippen molar-refractivity contribution < 1.29 is 0 Å². The monoisotopic (exact) mass is 222 g/mol. The second-order valence-corrected chi connectivity index (χ2v) is 7.19. The summed E-state index contributed by atoms with van der Waals surface area (Å²) in [5.74, 6) is 4.06. The molecule has 0 saturated heterocycles. The van der Waals surface area contributed by atoms with E-state index in [1.807, 2.05) is 0 Å². The SMILES string of the molecule is CC(C)(CN)NC1C2CC3CC(C2)CC1C3. The Morgan fingerprint density at radius 1 is 1.00 bits per heavy atom. The zero-order valence-electron chi connectivity index (χ0n) is 10.7. The van der Waals surface area contributed by atoms with Gasteiger partial charge in [-0.05, 0) is 69.6 Å². The first-order chi connectivity index (χ1) is 7.57. The molecule has 3 N–H and O–H groups in total. The van der Waals surface area contributed by atoms with Crippen molar-refractivity contribution in [3.05, 3.63) is 0 Å². The Hall–Kier alpha value is -0.0800. The van der Waals surface area contributed by atoms with Crippen LogP contribution in [0.25, 0.3) is 0 Å². The summed E-state index contributed by atoms with van der Waals surface area (Å²) >= 11 is 0. The number of hydrogen-bond donors (Lipinski definition) is 2. The van der Waals surface area contributed by atoms with Gasteiger partial charge in [0.05, 0.1) is 0 Å². The summed E-state index contributed by atoms with van der Waals surface area (Å²) in [7, 11) is 0. The van der Waals surface area contributed by atoms with Crippen LogP contribution >= 0.6 is 0 Å². The number of nitrogens with one attached hydrogen (secondary N) is 1. The van der Waals surface area contributed by atoms with Gasteiger partial charge < -0.3 is 11.1 Å². The molecular weight excluding hydrogens is 196 g/mol. The zero-order chi connectivity index (χ0) is 11.3. The Bertz CT molecular complexity index is 244. The van der Waals surface area contributed by atoms with Crippen LogP contribution in [-0.2, 0) is 0 Å². The summed E-state index contributed by atoms with van der Waals surface area (Å²) in [6, 6.07) is 0.770. The molecule has 0 unspecified atom stereocenters. The van der Waals surface area contributed by atoms with E-state index in [9.17, 15) is 0 Å². The summed E-state index contributed by atoms with van der Waals surface area (Å²) in [6.07, 6.45) is 7.51. The van der Waals surface area contributed by atoms with Crippen LogP contribution in [0.3, 0.4) is 0 Å². The molecule has 0 spiro atoms. The molecule has 0 radical (unpaired) electrons. The normalized spacial score (nSPS) is 46.3. The minimum absolute atomic E-state index is 0.125. The molecule has 4 rings (SSSR count). The van der Waals surface area contributed by atoms with Crippen molar-refractivity contribution in [1.29, 1.82) is 0 Å². The van der Waals surface area contributed by atoms with Crippen molar-refractivity contribution in [2.45, 2.75) is 57.5 Å². The summed E-state index contributed by atoms with van der Waals surface area (Å²) in [6.45, 7) is 5.24. The van der Waals surface area contributed by atoms with E-state index in [-0.39, 0.29) is 5.54 Å². The third-order valence-electron chi connectivity index (χ3n) is 5.29. The van der Waals surface area contributed by atoms with E-state index in [4.69, 9.17) is 5.73 Å². The van der Waals surface area contributed by atoms with Crippen molar-refractivity contribution in [1.82, 2.24) is 5.32 Å². The van der Waals surface area contributed by atoms with E-state index in [0.29, 0.717) is 0 Å². The summed E-state index contributed by atoms with van der Waals surface area (Å²) < 4.78 is 0. The number of hydrogen-bond acceptors (Lipinski definition) is 2. The maximum atomic E-state index is 5.85. The quantitative estimate of drug-likeness (QED) is 0.768. The zero-order valence-corrected chi connectivity index (χ0v) is 10.7. The lowest BCUT2D eigenvalue weighted by molar-refractivity contribution is -0.0224. The van der Waals surface area contributed by atoms with Gasteiger partial charge in [-0.2, -0.15) is 0 Å². The molecule has 4 fully saturated rings. The maximum Gasteiger partial charge on any atom is 0.0250 e. The van der Waals surface area contributed by atoms with E-state index < -0.39 is 0 Å². The van der Waals surface area contributed by atoms with Gasteiger partial charge in [0.1, 0.15) is 0 Å². The maximum absolute atomic E-state index is 5.85. The summed E-state index contributed by atoms with van der Waals surface area (Å²) in [5.41, 5.74) is 5.97. The molecule has 0 amide bonds. The average molecular weight is 222 g/mol. The molecule has 0 aliphatic heterocycles. The highest BCUT2D eigenvalue weighted by molar-refractivity contribution is 5.03. The Balaban J connectivity index is 1.72. The topological polar surface area (TPSA) is 38.0 Å².